The average Bonchev–Trinajstić information content (AvgIpc) is 2.67. The number of benzene rings is 2. The van der Waals surface area contributed by atoms with Crippen molar-refractivity contribution in [2.45, 2.75) is 26.8 Å². The smallest absolute Gasteiger partial charge is 0.261 e. The highest BCUT2D eigenvalue weighted by Gasteiger charge is 2.19. The summed E-state index contributed by atoms with van der Waals surface area (Å²) in [6.45, 7) is 3.86. The van der Waals surface area contributed by atoms with Gasteiger partial charge in [-0.25, -0.2) is 9.37 Å². The maximum atomic E-state index is 13.3. The van der Waals surface area contributed by atoms with Crippen LogP contribution >= 0.6 is 0 Å². The zero-order chi connectivity index (χ0) is 20.3. The number of hydrogen-bond acceptors (Lipinski definition) is 4. The maximum absolute atomic E-state index is 13.3. The Hall–Kier alpha value is -3.53. The van der Waals surface area contributed by atoms with E-state index in [9.17, 15) is 14.0 Å². The van der Waals surface area contributed by atoms with Gasteiger partial charge in [0.25, 0.3) is 5.56 Å². The maximum Gasteiger partial charge on any atom is 0.261 e. The fraction of sp³-hybridized carbons (Fsp3) is 0.238. The lowest BCUT2D eigenvalue weighted by Gasteiger charge is -2.25. The molecule has 0 radical (unpaired) electrons. The predicted molar refractivity (Wildman–Crippen MR) is 104 cm³/mol. The van der Waals surface area contributed by atoms with Crippen molar-refractivity contribution < 1.29 is 9.18 Å². The topological polar surface area (TPSA) is 79.0 Å². The van der Waals surface area contributed by atoms with Gasteiger partial charge in [0.1, 0.15) is 12.4 Å². The minimum atomic E-state index is -0.481. The van der Waals surface area contributed by atoms with Gasteiger partial charge in [-0.15, -0.1) is 0 Å². The Morgan fingerprint density at radius 2 is 2.07 bits per heavy atom. The van der Waals surface area contributed by atoms with Crippen LogP contribution in [0.15, 0.2) is 47.5 Å². The van der Waals surface area contributed by atoms with Gasteiger partial charge in [-0.1, -0.05) is 12.1 Å². The number of carbonyl (C=O) groups excluding carboxylic acids is 1. The molecule has 0 bridgehead atoms. The molecule has 0 saturated heterocycles. The van der Waals surface area contributed by atoms with Crippen LogP contribution < -0.4 is 10.5 Å². The van der Waals surface area contributed by atoms with Gasteiger partial charge in [-0.05, 0) is 43.2 Å². The van der Waals surface area contributed by atoms with Crippen molar-refractivity contribution >= 4 is 22.5 Å². The number of fused-ring (bicyclic) bond motifs is 1. The van der Waals surface area contributed by atoms with E-state index >= 15 is 0 Å². The van der Waals surface area contributed by atoms with Gasteiger partial charge < -0.3 is 4.90 Å². The van der Waals surface area contributed by atoms with Crippen molar-refractivity contribution in [2.24, 2.45) is 0 Å². The van der Waals surface area contributed by atoms with E-state index in [0.717, 1.165) is 11.1 Å². The second-order valence-corrected chi connectivity index (χ2v) is 6.51. The molecule has 0 N–H and O–H groups in total. The van der Waals surface area contributed by atoms with E-state index in [1.807, 2.05) is 32.0 Å². The van der Waals surface area contributed by atoms with E-state index in [0.29, 0.717) is 5.69 Å². The summed E-state index contributed by atoms with van der Waals surface area (Å²) < 4.78 is 14.5. The quantitative estimate of drug-likeness (QED) is 0.683. The first-order chi connectivity index (χ1) is 13.4. The first-order valence-electron chi connectivity index (χ1n) is 8.80. The normalized spacial score (nSPS) is 10.6. The molecule has 1 heterocycles. The van der Waals surface area contributed by atoms with Crippen molar-refractivity contribution in [2.75, 3.05) is 11.4 Å². The van der Waals surface area contributed by atoms with Crippen LogP contribution in [0, 0.1) is 31.0 Å². The number of anilines is 1. The molecule has 3 rings (SSSR count). The first-order valence-corrected chi connectivity index (χ1v) is 8.80. The summed E-state index contributed by atoms with van der Waals surface area (Å²) in [6.07, 6.45) is 1.41. The van der Waals surface area contributed by atoms with Crippen molar-refractivity contribution in [3.05, 3.63) is 70.0 Å². The molecule has 142 valence electrons. The lowest BCUT2D eigenvalue weighted by Crippen LogP contribution is -2.37. The number of aryl methyl sites for hydroxylation is 1. The van der Waals surface area contributed by atoms with Gasteiger partial charge in [0, 0.05) is 18.3 Å². The summed E-state index contributed by atoms with van der Waals surface area (Å²) >= 11 is 0. The molecule has 0 aliphatic rings. The SMILES string of the molecule is Cc1cccc(N(CCC#N)C(=O)Cn2cnc3cc(F)ccc3c2=O)c1C. The lowest BCUT2D eigenvalue weighted by molar-refractivity contribution is -0.119. The Balaban J connectivity index is 1.96. The lowest BCUT2D eigenvalue weighted by atomic mass is 10.1. The summed E-state index contributed by atoms with van der Waals surface area (Å²) in [5.74, 6) is -0.805. The summed E-state index contributed by atoms with van der Waals surface area (Å²) in [7, 11) is 0. The summed E-state index contributed by atoms with van der Waals surface area (Å²) in [5.41, 5.74) is 2.50. The molecule has 6 nitrogen and oxygen atoms in total. The molecule has 0 spiro atoms. The number of amides is 1. The Bertz CT molecular complexity index is 1150. The summed E-state index contributed by atoms with van der Waals surface area (Å²) in [4.78, 5) is 31.2. The van der Waals surface area contributed by atoms with Gasteiger partial charge in [0.15, 0.2) is 0 Å². The van der Waals surface area contributed by atoms with Gasteiger partial charge in [-0.3, -0.25) is 14.2 Å². The van der Waals surface area contributed by atoms with Gasteiger partial charge in [0.05, 0.1) is 29.7 Å². The fourth-order valence-corrected chi connectivity index (χ4v) is 3.04. The molecule has 0 aliphatic heterocycles. The number of halogens is 1. The second-order valence-electron chi connectivity index (χ2n) is 6.51. The third-order valence-electron chi connectivity index (χ3n) is 4.71. The van der Waals surface area contributed by atoms with Gasteiger partial charge in [-0.2, -0.15) is 5.26 Å². The highest BCUT2D eigenvalue weighted by molar-refractivity contribution is 5.94. The number of carbonyl (C=O) groups is 1. The minimum Gasteiger partial charge on any atom is -0.310 e. The molecule has 3 aromatic rings. The van der Waals surface area contributed by atoms with Crippen molar-refractivity contribution in [3.63, 3.8) is 0 Å². The first kappa shape index (κ1) is 19.2. The zero-order valence-electron chi connectivity index (χ0n) is 15.6. The van der Waals surface area contributed by atoms with E-state index in [2.05, 4.69) is 11.1 Å². The molecule has 0 unspecified atom stereocenters. The Morgan fingerprint density at radius 1 is 1.29 bits per heavy atom. The number of nitriles is 1. The highest BCUT2D eigenvalue weighted by atomic mass is 19.1. The van der Waals surface area contributed by atoms with Crippen molar-refractivity contribution in [1.29, 1.82) is 5.26 Å². The molecule has 1 amide bonds. The molecule has 2 aromatic carbocycles. The van der Waals surface area contributed by atoms with Crippen molar-refractivity contribution in [1.82, 2.24) is 9.55 Å². The van der Waals surface area contributed by atoms with Crippen LogP contribution in [0.3, 0.4) is 0 Å². The molecule has 1 aromatic heterocycles. The molecule has 28 heavy (non-hydrogen) atoms. The van der Waals surface area contributed by atoms with Crippen LogP contribution in [-0.4, -0.2) is 22.0 Å². The molecule has 0 saturated carbocycles. The molecular weight excluding hydrogens is 359 g/mol. The Kier molecular flexibility index (Phi) is 5.50. The molecular formula is C21H19FN4O2. The van der Waals surface area contributed by atoms with Crippen LogP contribution in [0.4, 0.5) is 10.1 Å². The molecule has 0 fully saturated rings. The van der Waals surface area contributed by atoms with Crippen LogP contribution in [-0.2, 0) is 11.3 Å². The number of rotatable bonds is 5. The van der Waals surface area contributed by atoms with Gasteiger partial charge >= 0.3 is 0 Å². The predicted octanol–water partition coefficient (Wildman–Crippen LogP) is 3.10. The monoisotopic (exact) mass is 378 g/mol. The summed E-state index contributed by atoms with van der Waals surface area (Å²) in [5, 5.41) is 9.20. The van der Waals surface area contributed by atoms with E-state index in [-0.39, 0.29) is 36.3 Å². The van der Waals surface area contributed by atoms with E-state index in [4.69, 9.17) is 5.26 Å². The van der Waals surface area contributed by atoms with E-state index in [1.54, 1.807) is 0 Å². The minimum absolute atomic E-state index is 0.170. The molecule has 0 aliphatic carbocycles. The van der Waals surface area contributed by atoms with Crippen LogP contribution in [0.25, 0.3) is 10.9 Å². The van der Waals surface area contributed by atoms with Gasteiger partial charge in [0.2, 0.25) is 5.91 Å². The number of aromatic nitrogens is 2. The van der Waals surface area contributed by atoms with E-state index < -0.39 is 11.4 Å². The summed E-state index contributed by atoms with van der Waals surface area (Å²) in [6, 6.07) is 11.4. The molecule has 7 heteroatoms. The number of hydrogen-bond donors (Lipinski definition) is 0. The van der Waals surface area contributed by atoms with Crippen molar-refractivity contribution in [3.8, 4) is 6.07 Å². The average molecular weight is 378 g/mol. The highest BCUT2D eigenvalue weighted by Crippen LogP contribution is 2.23. The van der Waals surface area contributed by atoms with Crippen LogP contribution in [0.1, 0.15) is 17.5 Å². The fourth-order valence-electron chi connectivity index (χ4n) is 3.04. The van der Waals surface area contributed by atoms with Crippen LogP contribution in [0.5, 0.6) is 0 Å². The Morgan fingerprint density at radius 3 is 2.82 bits per heavy atom. The largest absolute Gasteiger partial charge is 0.310 e. The second kappa shape index (κ2) is 8.01. The zero-order valence-corrected chi connectivity index (χ0v) is 15.6. The Labute approximate surface area is 161 Å². The number of nitrogens with zero attached hydrogens (tertiary/aromatic N) is 4. The molecule has 0 atom stereocenters. The third kappa shape index (κ3) is 3.76. The third-order valence-corrected chi connectivity index (χ3v) is 4.71. The van der Waals surface area contributed by atoms with E-state index in [1.165, 1.54) is 34.0 Å². The standard InChI is InChI=1S/C21H19FN4O2/c1-14-5-3-6-19(15(14)2)26(10-4-9-23)20(27)12-25-13-24-18-11-16(22)7-8-17(18)21(25)28/h3,5-8,11,13H,4,10,12H2,1-2H3. The van der Waals surface area contributed by atoms with Crippen LogP contribution in [0.2, 0.25) is 0 Å².